The van der Waals surface area contributed by atoms with Crippen LogP contribution in [0.4, 0.5) is 0 Å². The van der Waals surface area contributed by atoms with Crippen LogP contribution in [0.15, 0.2) is 48.5 Å². The number of hydrogen-bond acceptors (Lipinski definition) is 1. The van der Waals surface area contributed by atoms with Crippen LogP contribution >= 0.6 is 7.72 Å². The van der Waals surface area contributed by atoms with Crippen molar-refractivity contribution in [1.29, 1.82) is 0 Å². The fourth-order valence-corrected chi connectivity index (χ4v) is 33.5. The monoisotopic (exact) mass is 860 g/mol. The Morgan fingerprint density at radius 2 is 0.667 bits per heavy atom. The van der Waals surface area contributed by atoms with Gasteiger partial charge in [0.2, 0.25) is 7.75 Å². The first-order valence-corrected chi connectivity index (χ1v) is 29.9. The molecule has 0 aliphatic rings. The maximum atomic E-state index is 2.92. The van der Waals surface area contributed by atoms with Crippen LogP contribution in [0.5, 0.6) is 0 Å². The average Bonchev–Trinajstić information content (AvgIpc) is 3.13. The van der Waals surface area contributed by atoms with E-state index in [1.165, 1.54) is 41.1 Å². The molecule has 0 aliphatic heterocycles. The Balaban J connectivity index is 2.71. The highest BCUT2D eigenvalue weighted by Gasteiger charge is 2.53. The summed E-state index contributed by atoms with van der Waals surface area (Å²) in [5.41, 5.74) is 18.3. The van der Waals surface area contributed by atoms with E-state index in [-0.39, 0.29) is 0 Å². The van der Waals surface area contributed by atoms with Gasteiger partial charge in [0.25, 0.3) is 0 Å². The van der Waals surface area contributed by atoms with Crippen LogP contribution in [0.2, 0.25) is 0 Å². The molecule has 4 heteroatoms. The number of hydrogen-bond donors (Lipinski definition) is 0. The van der Waals surface area contributed by atoms with Gasteiger partial charge in [-0.2, -0.15) is 0 Å². The third-order valence-electron chi connectivity index (χ3n) is 13.2. The number of rotatable bonds is 15. The van der Waals surface area contributed by atoms with Crippen molar-refractivity contribution >= 4 is 43.9 Å². The van der Waals surface area contributed by atoms with Crippen molar-refractivity contribution in [2.45, 2.75) is 199 Å². The van der Waals surface area contributed by atoms with Gasteiger partial charge in [-0.3, -0.25) is 0 Å². The normalized spacial score (nSPS) is 13.2. The first-order chi connectivity index (χ1) is 27.8. The van der Waals surface area contributed by atoms with Gasteiger partial charge < -0.3 is 4.57 Å². The number of aryl methyl sites for hydroxylation is 3. The van der Waals surface area contributed by atoms with E-state index in [2.05, 4.69) is 213 Å². The van der Waals surface area contributed by atoms with Crippen LogP contribution in [-0.4, -0.2) is 34.0 Å². The molecule has 0 saturated carbocycles. The number of benzene rings is 4. The zero-order valence-corrected chi connectivity index (χ0v) is 45.6. The third kappa shape index (κ3) is 9.86. The lowest BCUT2D eigenvalue weighted by atomic mass is 9.89. The predicted molar refractivity (Wildman–Crippen MR) is 277 cm³/mol. The van der Waals surface area contributed by atoms with Gasteiger partial charge in [0, 0.05) is 5.30 Å². The first-order valence-electron chi connectivity index (χ1n) is 23.7. The molecular formula is C56H86NPSi2. The number of nitrogens with zero attached hydrogens (tertiary/aromatic N) is 1. The van der Waals surface area contributed by atoms with Gasteiger partial charge in [-0.25, -0.2) is 0 Å². The van der Waals surface area contributed by atoms with Gasteiger partial charge in [0.15, 0.2) is 0 Å². The summed E-state index contributed by atoms with van der Waals surface area (Å²) in [4.78, 5) is 0. The molecule has 0 N–H and O–H groups in total. The van der Waals surface area contributed by atoms with Gasteiger partial charge in [-0.05, 0) is 165 Å². The zero-order valence-electron chi connectivity index (χ0n) is 42.7. The zero-order chi connectivity index (χ0) is 45.5. The van der Waals surface area contributed by atoms with Crippen molar-refractivity contribution in [3.05, 3.63) is 115 Å². The minimum absolute atomic E-state index is 0.378. The van der Waals surface area contributed by atoms with Gasteiger partial charge in [0.05, 0.1) is 0 Å². The summed E-state index contributed by atoms with van der Waals surface area (Å²) in [6.45, 7) is 51.3. The molecule has 0 bridgehead atoms. The summed E-state index contributed by atoms with van der Waals surface area (Å²) in [6.07, 6.45) is 0. The molecule has 0 radical (unpaired) electrons. The summed E-state index contributed by atoms with van der Waals surface area (Å²) in [6, 6.07) is 21.0. The molecule has 0 heterocycles. The summed E-state index contributed by atoms with van der Waals surface area (Å²) >= 11 is 0. The lowest BCUT2D eigenvalue weighted by molar-refractivity contribution is 0.645. The SMILES string of the molecule is Cc1cc(C)c(P=[Si](c2c(C(C)C)cc(C(C)C)cc2C(C)C)[Si](c2c(C(C)C)cc(C(C)C)cc2C(C)C)(c2c(C(C)C)cc(C(C)C)cc2C(C)C)N(C)C)c(C)c1. The van der Waals surface area contributed by atoms with Gasteiger partial charge in [-0.15, -0.1) is 0 Å². The summed E-state index contributed by atoms with van der Waals surface area (Å²) in [7, 11) is 1.95. The Kier molecular flexibility index (Phi) is 16.7. The minimum Gasteiger partial charge on any atom is -0.321 e. The smallest absolute Gasteiger partial charge is 0.209 e. The van der Waals surface area contributed by atoms with E-state index < -0.39 is 15.3 Å². The Hall–Kier alpha value is -2.43. The highest BCUT2D eigenvalue weighted by atomic mass is 31.2. The lowest BCUT2D eigenvalue weighted by Gasteiger charge is -2.47. The molecule has 0 saturated heterocycles. The largest absolute Gasteiger partial charge is 0.321 e. The molecule has 4 rings (SSSR count). The van der Waals surface area contributed by atoms with E-state index >= 15 is 0 Å². The lowest BCUT2D eigenvalue weighted by Crippen LogP contribution is -2.79. The van der Waals surface area contributed by atoms with Crippen molar-refractivity contribution < 1.29 is 0 Å². The van der Waals surface area contributed by atoms with Crippen molar-refractivity contribution in [3.63, 3.8) is 0 Å². The minimum atomic E-state index is -3.06. The van der Waals surface area contributed by atoms with E-state index in [4.69, 9.17) is 0 Å². The molecule has 0 unspecified atom stereocenters. The second-order valence-corrected chi connectivity index (χ2v) is 33.6. The second-order valence-electron chi connectivity index (χ2n) is 21.4. The Morgan fingerprint density at radius 3 is 0.900 bits per heavy atom. The molecule has 4 aromatic rings. The third-order valence-corrected chi connectivity index (χ3v) is 31.6. The molecular weight excluding hydrogens is 774 g/mol. The summed E-state index contributed by atoms with van der Waals surface area (Å²) < 4.78 is 2.92. The first kappa shape index (κ1) is 50.2. The summed E-state index contributed by atoms with van der Waals surface area (Å²) in [5, 5.41) is 6.73. The fraction of sp³-hybridized carbons (Fsp3) is 0.571. The molecule has 0 aromatic heterocycles. The molecule has 0 amide bonds. The second kappa shape index (κ2) is 20.0. The predicted octanol–water partition coefficient (Wildman–Crippen LogP) is 14.6. The molecule has 328 valence electrons. The molecule has 1 nitrogen and oxygen atoms in total. The average molecular weight is 860 g/mol. The van der Waals surface area contributed by atoms with Crippen LogP contribution in [-0.2, 0) is 0 Å². The Labute approximate surface area is 374 Å². The summed E-state index contributed by atoms with van der Waals surface area (Å²) in [5.74, 6) is 3.68. The quantitative estimate of drug-likeness (QED) is 0.0850. The highest BCUT2D eigenvalue weighted by Crippen LogP contribution is 2.37. The van der Waals surface area contributed by atoms with Crippen LogP contribution in [0, 0.1) is 20.8 Å². The van der Waals surface area contributed by atoms with Gasteiger partial charge in [-0.1, -0.05) is 186 Å². The van der Waals surface area contributed by atoms with E-state index in [9.17, 15) is 0 Å². The molecule has 0 atom stereocenters. The fourth-order valence-electron chi connectivity index (χ4n) is 9.78. The maximum absolute atomic E-state index is 3.06. The van der Waals surface area contributed by atoms with Crippen LogP contribution in [0.1, 0.15) is 245 Å². The standard InChI is InChI=1S/C56H86NPSi2/c1-32(2)44-26-47(35(7)8)54(48(27-44)36(9)10)59(58-53-42(20)24-41(19)25-43(53)21)60(57(22)23,55-49(37(11)12)28-45(33(3)4)29-50(55)38(13)14)56-51(39(15)16)30-46(34(5)6)31-52(56)40(17)18/h24-40H,1-23H3. The van der Waals surface area contributed by atoms with Crippen LogP contribution < -0.4 is 20.9 Å². The topological polar surface area (TPSA) is 3.24 Å². The molecule has 4 aromatic carbocycles. The van der Waals surface area contributed by atoms with E-state index in [1.54, 1.807) is 54.2 Å². The van der Waals surface area contributed by atoms with E-state index in [1.807, 2.05) is 0 Å². The van der Waals surface area contributed by atoms with Gasteiger partial charge >= 0.3 is 0 Å². The Bertz CT molecular complexity index is 1990. The molecule has 0 spiro atoms. The van der Waals surface area contributed by atoms with Crippen molar-refractivity contribution in [2.24, 2.45) is 0 Å². The van der Waals surface area contributed by atoms with Crippen LogP contribution in [0.25, 0.3) is 0 Å². The maximum Gasteiger partial charge on any atom is 0.209 e. The molecule has 0 fully saturated rings. The molecule has 60 heavy (non-hydrogen) atoms. The highest BCUT2D eigenvalue weighted by molar-refractivity contribution is 7.77. The van der Waals surface area contributed by atoms with E-state index in [0.29, 0.717) is 53.3 Å². The van der Waals surface area contributed by atoms with Crippen molar-refractivity contribution in [3.8, 4) is 0 Å². The van der Waals surface area contributed by atoms with Crippen molar-refractivity contribution in [2.75, 3.05) is 14.1 Å². The van der Waals surface area contributed by atoms with Crippen molar-refractivity contribution in [1.82, 2.24) is 4.57 Å². The van der Waals surface area contributed by atoms with Gasteiger partial charge in [0.1, 0.15) is 7.57 Å². The van der Waals surface area contributed by atoms with Crippen LogP contribution in [0.3, 0.4) is 0 Å². The van der Waals surface area contributed by atoms with E-state index in [0.717, 1.165) is 0 Å². The Morgan fingerprint density at radius 1 is 0.400 bits per heavy atom. The molecule has 0 aliphatic carbocycles.